The second kappa shape index (κ2) is 3.87. The lowest BCUT2D eigenvalue weighted by Gasteiger charge is -2.61. The maximum absolute atomic E-state index is 14.5. The van der Waals surface area contributed by atoms with E-state index in [1.54, 1.807) is 0 Å². The lowest BCUT2D eigenvalue weighted by Crippen LogP contribution is -2.76. The van der Waals surface area contributed by atoms with Gasteiger partial charge < -0.3 is 19.8 Å². The normalized spacial score (nSPS) is 40.7. The lowest BCUT2D eigenvalue weighted by molar-refractivity contribution is -0.185. The van der Waals surface area contributed by atoms with Crippen molar-refractivity contribution in [2.45, 2.75) is 48.8 Å². The van der Waals surface area contributed by atoms with Crippen LogP contribution in [-0.4, -0.2) is 52.2 Å². The Morgan fingerprint density at radius 2 is 2.22 bits per heavy atom. The van der Waals surface area contributed by atoms with Crippen LogP contribution in [0.2, 0.25) is 0 Å². The molecule has 1 saturated heterocycles. The van der Waals surface area contributed by atoms with Crippen molar-refractivity contribution < 1.29 is 24.1 Å². The fourth-order valence-corrected chi connectivity index (χ4v) is 5.58. The van der Waals surface area contributed by atoms with Crippen LogP contribution >= 0.6 is 0 Å². The number of piperidine rings is 1. The molecule has 1 saturated carbocycles. The first kappa shape index (κ1) is 13.7. The molecular formula is C17H18FNO4. The number of aromatic hydroxyl groups is 1. The van der Waals surface area contributed by atoms with Crippen molar-refractivity contribution in [2.75, 3.05) is 13.6 Å². The molecule has 0 radical (unpaired) electrons. The second-order valence-corrected chi connectivity index (χ2v) is 7.37. The van der Waals surface area contributed by atoms with Crippen LogP contribution in [-0.2, 0) is 16.6 Å². The molecule has 0 unspecified atom stereocenters. The van der Waals surface area contributed by atoms with Gasteiger partial charge in [-0.1, -0.05) is 0 Å². The van der Waals surface area contributed by atoms with Crippen LogP contribution in [0.5, 0.6) is 11.5 Å². The number of phenols is 1. The topological polar surface area (TPSA) is 70.0 Å². The number of nitrogens with zero attached hydrogens (tertiary/aromatic N) is 1. The molecule has 5 nitrogen and oxygen atoms in total. The summed E-state index contributed by atoms with van der Waals surface area (Å²) in [5.74, 6) is -0.632. The number of ketones is 1. The summed E-state index contributed by atoms with van der Waals surface area (Å²) in [6.07, 6.45) is 0.680. The van der Waals surface area contributed by atoms with Crippen molar-refractivity contribution in [3.8, 4) is 11.5 Å². The highest BCUT2D eigenvalue weighted by molar-refractivity contribution is 5.90. The molecule has 2 heterocycles. The number of likely N-dealkylation sites (N-methyl/N-ethyl adjacent to an activating group) is 1. The van der Waals surface area contributed by atoms with E-state index < -0.39 is 22.9 Å². The van der Waals surface area contributed by atoms with Gasteiger partial charge in [-0.05, 0) is 38.4 Å². The van der Waals surface area contributed by atoms with Crippen LogP contribution in [0.4, 0.5) is 4.39 Å². The van der Waals surface area contributed by atoms with Gasteiger partial charge in [-0.3, -0.25) is 4.79 Å². The molecule has 1 aromatic rings. The first-order valence-corrected chi connectivity index (χ1v) is 8.07. The van der Waals surface area contributed by atoms with Gasteiger partial charge in [-0.15, -0.1) is 0 Å². The number of ether oxygens (including phenoxy) is 1. The molecule has 2 fully saturated rings. The van der Waals surface area contributed by atoms with Crippen LogP contribution in [0.3, 0.4) is 0 Å². The quantitative estimate of drug-likeness (QED) is 0.743. The average Bonchev–Trinajstić information content (AvgIpc) is 2.85. The molecule has 122 valence electrons. The number of hydrogen-bond acceptors (Lipinski definition) is 5. The summed E-state index contributed by atoms with van der Waals surface area (Å²) in [7, 11) is 1.93. The Morgan fingerprint density at radius 3 is 3.00 bits per heavy atom. The minimum atomic E-state index is -1.13. The fraction of sp³-hybridized carbons (Fsp3) is 0.588. The predicted molar refractivity (Wildman–Crippen MR) is 78.1 cm³/mol. The third-order valence-electron chi connectivity index (χ3n) is 6.60. The van der Waals surface area contributed by atoms with Gasteiger partial charge in [0, 0.05) is 24.1 Å². The third-order valence-corrected chi connectivity index (χ3v) is 6.60. The van der Waals surface area contributed by atoms with E-state index in [4.69, 9.17) is 4.74 Å². The van der Waals surface area contributed by atoms with E-state index in [2.05, 4.69) is 4.90 Å². The van der Waals surface area contributed by atoms with Crippen LogP contribution in [0, 0.1) is 5.82 Å². The minimum Gasteiger partial charge on any atom is -0.504 e. The summed E-state index contributed by atoms with van der Waals surface area (Å²) in [6.45, 7) is 0.705. The Labute approximate surface area is 132 Å². The van der Waals surface area contributed by atoms with Crippen molar-refractivity contribution in [2.24, 2.45) is 0 Å². The Morgan fingerprint density at radius 1 is 1.43 bits per heavy atom. The van der Waals surface area contributed by atoms with Gasteiger partial charge in [0.1, 0.15) is 5.82 Å². The molecule has 23 heavy (non-hydrogen) atoms. The van der Waals surface area contributed by atoms with Crippen molar-refractivity contribution in [1.82, 2.24) is 4.90 Å². The van der Waals surface area contributed by atoms with Crippen molar-refractivity contribution in [1.29, 1.82) is 0 Å². The first-order chi connectivity index (χ1) is 10.9. The highest BCUT2D eigenvalue weighted by Crippen LogP contribution is 2.64. The maximum Gasteiger partial charge on any atom is 0.174 e. The largest absolute Gasteiger partial charge is 0.504 e. The second-order valence-electron chi connectivity index (χ2n) is 7.37. The van der Waals surface area contributed by atoms with E-state index in [-0.39, 0.29) is 29.7 Å². The molecule has 1 spiro atoms. The third kappa shape index (κ3) is 1.27. The number of phenolic OH excluding ortho intramolecular Hbond substituents is 1. The van der Waals surface area contributed by atoms with Crippen molar-refractivity contribution in [3.05, 3.63) is 23.0 Å². The molecular weight excluding hydrogens is 301 g/mol. The molecule has 0 aromatic heterocycles. The Kier molecular flexibility index (Phi) is 2.31. The predicted octanol–water partition coefficient (Wildman–Crippen LogP) is 0.884. The van der Waals surface area contributed by atoms with E-state index in [1.165, 1.54) is 0 Å². The minimum absolute atomic E-state index is 0.0677. The van der Waals surface area contributed by atoms with Gasteiger partial charge in [-0.2, -0.15) is 0 Å². The summed E-state index contributed by atoms with van der Waals surface area (Å²) in [4.78, 5) is 14.6. The molecule has 1 aromatic carbocycles. The van der Waals surface area contributed by atoms with Gasteiger partial charge in [0.15, 0.2) is 23.4 Å². The van der Waals surface area contributed by atoms with Gasteiger partial charge >= 0.3 is 0 Å². The molecule has 5 rings (SSSR count). The van der Waals surface area contributed by atoms with Gasteiger partial charge in [0.05, 0.1) is 11.0 Å². The van der Waals surface area contributed by atoms with E-state index in [0.717, 1.165) is 6.07 Å². The van der Waals surface area contributed by atoms with Crippen LogP contribution in [0.25, 0.3) is 0 Å². The smallest absolute Gasteiger partial charge is 0.174 e. The van der Waals surface area contributed by atoms with Gasteiger partial charge in [0.2, 0.25) is 0 Å². The maximum atomic E-state index is 14.5. The Hall–Kier alpha value is -1.66. The summed E-state index contributed by atoms with van der Waals surface area (Å²) >= 11 is 0. The average molecular weight is 319 g/mol. The summed E-state index contributed by atoms with van der Waals surface area (Å²) in [5.41, 5.74) is -1.03. The number of carbonyl (C=O) groups is 1. The standard InChI is InChI=1S/C17H18FNO4/c1-19-5-4-16-13-8-6-12(19)17(16,22)3-2-10(20)15(16)23-14(13)11(21)7-9(8)18/h7,12,15,21-22H,2-6H2,1H3/t12-,15+,16+,17-/m1/s1. The highest BCUT2D eigenvalue weighted by atomic mass is 19.1. The zero-order valence-electron chi connectivity index (χ0n) is 12.8. The number of halogens is 1. The number of Topliss-reactive ketones (excluding diaryl/α,β-unsaturated/α-hetero) is 1. The van der Waals surface area contributed by atoms with Gasteiger partial charge in [0.25, 0.3) is 0 Å². The monoisotopic (exact) mass is 319 g/mol. The van der Waals surface area contributed by atoms with E-state index >= 15 is 0 Å². The SMILES string of the molecule is CN1CC[C@]23c4c5c(F)cc(O)c4O[C@H]2C(=O)CC[C@@]3(O)[C@H]1C5. The van der Waals surface area contributed by atoms with E-state index in [0.29, 0.717) is 36.9 Å². The molecule has 2 aliphatic heterocycles. The summed E-state index contributed by atoms with van der Waals surface area (Å²) in [5, 5.41) is 21.7. The number of hydrogen-bond donors (Lipinski definition) is 2. The highest BCUT2D eigenvalue weighted by Gasteiger charge is 2.73. The zero-order chi connectivity index (χ0) is 16.1. The van der Waals surface area contributed by atoms with Gasteiger partial charge in [-0.25, -0.2) is 4.39 Å². The Balaban J connectivity index is 1.90. The Bertz CT molecular complexity index is 765. The molecule has 4 atom stereocenters. The van der Waals surface area contributed by atoms with E-state index in [9.17, 15) is 19.4 Å². The van der Waals surface area contributed by atoms with Crippen LogP contribution in [0.15, 0.2) is 6.07 Å². The number of carbonyl (C=O) groups excluding carboxylic acids is 1. The first-order valence-electron chi connectivity index (χ1n) is 8.07. The zero-order valence-corrected chi connectivity index (χ0v) is 12.8. The molecule has 2 N–H and O–H groups in total. The molecule has 2 bridgehead atoms. The van der Waals surface area contributed by atoms with Crippen molar-refractivity contribution >= 4 is 5.78 Å². The number of aliphatic hydroxyl groups is 1. The number of rotatable bonds is 0. The van der Waals surface area contributed by atoms with E-state index in [1.807, 2.05) is 7.05 Å². The molecule has 2 aliphatic carbocycles. The number of likely N-dealkylation sites (tertiary alicyclic amines) is 1. The molecule has 4 aliphatic rings. The van der Waals surface area contributed by atoms with Crippen LogP contribution in [0.1, 0.15) is 30.4 Å². The van der Waals surface area contributed by atoms with Crippen LogP contribution < -0.4 is 4.74 Å². The summed E-state index contributed by atoms with van der Waals surface area (Å²) in [6, 6.07) is 0.820. The lowest BCUT2D eigenvalue weighted by atomic mass is 9.49. The summed E-state index contributed by atoms with van der Waals surface area (Å²) < 4.78 is 20.4. The molecule has 6 heteroatoms. The van der Waals surface area contributed by atoms with Crippen molar-refractivity contribution in [3.63, 3.8) is 0 Å². The fourth-order valence-electron chi connectivity index (χ4n) is 5.58. The number of benzene rings is 1. The molecule has 0 amide bonds.